The van der Waals surface area contributed by atoms with Gasteiger partial charge in [-0.1, -0.05) is 126 Å². The number of hydrogen-bond donors (Lipinski definition) is 8. The summed E-state index contributed by atoms with van der Waals surface area (Å²) in [6.45, 7) is 15.6. The molecule has 0 spiro atoms. The van der Waals surface area contributed by atoms with Gasteiger partial charge in [0.15, 0.2) is 28.2 Å². The zero-order chi connectivity index (χ0) is 67.4. The van der Waals surface area contributed by atoms with Crippen molar-refractivity contribution in [2.45, 2.75) is 149 Å². The molecule has 502 valence electrons. The second-order valence-electron chi connectivity index (χ2n) is 23.0. The van der Waals surface area contributed by atoms with Crippen molar-refractivity contribution in [3.63, 3.8) is 0 Å². The van der Waals surface area contributed by atoms with E-state index in [1.54, 1.807) is 18.5 Å². The van der Waals surface area contributed by atoms with Gasteiger partial charge in [-0.15, -0.1) is 0 Å². The topological polar surface area (TPSA) is 382 Å². The number of ether oxygens (including phenoxy) is 4. The lowest BCUT2D eigenvalue weighted by molar-refractivity contribution is -0.853. The van der Waals surface area contributed by atoms with Crippen LogP contribution in [0.4, 0.5) is 13.2 Å². The molecule has 7 rings (SSSR count). The van der Waals surface area contributed by atoms with Gasteiger partial charge in [-0.2, -0.15) is 13.2 Å². The van der Waals surface area contributed by atoms with E-state index in [1.165, 1.54) is 6.20 Å². The molecule has 2 aromatic carbocycles. The number of carboxylic acids is 2. The molecule has 12 unspecified atom stereocenters. The molecule has 0 aromatic heterocycles. The van der Waals surface area contributed by atoms with Crippen LogP contribution in [-0.4, -0.2) is 143 Å². The van der Waals surface area contributed by atoms with E-state index in [-0.39, 0.29) is 55.5 Å². The average molecular weight is 1350 g/mol. The summed E-state index contributed by atoms with van der Waals surface area (Å²) in [5.74, 6) is -5.42. The maximum Gasteiger partial charge on any atom is 0.430 e. The molecule has 10 N–H and O–H groups in total. The molecule has 2 amide bonds. The second-order valence-corrected chi connectivity index (χ2v) is 28.7. The number of carbonyl (C=O) groups excluding carboxylic acids is 6. The molecule has 2 aromatic rings. The Labute approximate surface area is 528 Å². The minimum Gasteiger partial charge on any atom is -0.550 e. The summed E-state index contributed by atoms with van der Waals surface area (Å²) in [4.78, 5) is 66.7. The number of nitrogens with one attached hydrogen (secondary N) is 4. The monoisotopic (exact) mass is 1350 g/mol. The van der Waals surface area contributed by atoms with Crippen molar-refractivity contribution in [3.8, 4) is 0 Å². The second kappa shape index (κ2) is 34.8. The third kappa shape index (κ3) is 25.8. The predicted molar refractivity (Wildman–Crippen MR) is 318 cm³/mol. The molecule has 26 nitrogen and oxygen atoms in total. The number of carbonyl (C=O) groups is 6. The molecule has 0 radical (unpaired) electrons. The number of primary amides is 2. The van der Waals surface area contributed by atoms with Gasteiger partial charge >= 0.3 is 21.7 Å². The maximum atomic E-state index is 13.9. The zero-order valence-electron chi connectivity index (χ0n) is 51.2. The SMILES string of the molecule is CC(=O)[O-].CC(C)(C)C(=O)SCCOP(=O)(NCc1ccccc1)OCC1OC([NH+]2C=CCC(C(N)=O)=C2)C(O)C1O.CC1(C)OC2C(COP(=O)(NCc3ccccc3)OCCSC(=O)C(C)(C)C)OC([NH+]3C=CCC(C(N)=O)=C3)C2O1.O=C([O-])C(F)(F)F. The highest BCUT2D eigenvalue weighted by Crippen LogP contribution is 2.47. The molecule has 0 aliphatic carbocycles. The van der Waals surface area contributed by atoms with Crippen LogP contribution >= 0.6 is 39.0 Å². The van der Waals surface area contributed by atoms with Crippen LogP contribution in [0.15, 0.2) is 109 Å². The first kappa shape index (κ1) is 77.5. The first-order chi connectivity index (χ1) is 41.8. The summed E-state index contributed by atoms with van der Waals surface area (Å²) in [7, 11) is -7.73. The number of halogens is 3. The van der Waals surface area contributed by atoms with Gasteiger partial charge < -0.3 is 60.4 Å². The Morgan fingerprint density at radius 2 is 1.03 bits per heavy atom. The number of benzene rings is 2. The van der Waals surface area contributed by atoms with E-state index in [9.17, 15) is 51.7 Å². The van der Waals surface area contributed by atoms with E-state index >= 15 is 0 Å². The number of alkyl halides is 3. The molecule has 3 fully saturated rings. The molecule has 3 saturated heterocycles. The van der Waals surface area contributed by atoms with Crippen LogP contribution in [0, 0.1) is 10.8 Å². The number of aliphatic hydroxyl groups excluding tert-OH is 2. The predicted octanol–water partition coefficient (Wildman–Crippen LogP) is 1.54. The van der Waals surface area contributed by atoms with E-state index in [1.807, 2.05) is 128 Å². The van der Waals surface area contributed by atoms with Gasteiger partial charge in [-0.3, -0.25) is 47.1 Å². The number of amides is 2. The Morgan fingerprint density at radius 1 is 0.656 bits per heavy atom. The quantitative estimate of drug-likeness (QED) is 0.0546. The Bertz CT molecular complexity index is 2970. The van der Waals surface area contributed by atoms with E-state index in [0.29, 0.717) is 34.6 Å². The van der Waals surface area contributed by atoms with Crippen LogP contribution in [0.1, 0.15) is 86.3 Å². The number of thioether (sulfide) groups is 2. The fourth-order valence-electron chi connectivity index (χ4n) is 8.39. The number of rotatable bonds is 24. The van der Waals surface area contributed by atoms with Gasteiger partial charge in [0.1, 0.15) is 42.8 Å². The first-order valence-electron chi connectivity index (χ1n) is 28.1. The summed E-state index contributed by atoms with van der Waals surface area (Å²) < 4.78 is 106. The molecule has 33 heteroatoms. The maximum absolute atomic E-state index is 13.9. The van der Waals surface area contributed by atoms with Gasteiger partial charge in [0.2, 0.25) is 24.3 Å². The Morgan fingerprint density at radius 3 is 1.42 bits per heavy atom. The lowest BCUT2D eigenvalue weighted by Gasteiger charge is -2.27. The van der Waals surface area contributed by atoms with Crippen molar-refractivity contribution in [1.29, 1.82) is 0 Å². The molecule has 12 atom stereocenters. The first-order valence-corrected chi connectivity index (χ1v) is 33.2. The molecule has 0 saturated carbocycles. The molecule has 5 aliphatic heterocycles. The van der Waals surface area contributed by atoms with Crippen molar-refractivity contribution >= 4 is 73.0 Å². The van der Waals surface area contributed by atoms with E-state index < -0.39 is 111 Å². The van der Waals surface area contributed by atoms with Crippen molar-refractivity contribution < 1.29 is 118 Å². The van der Waals surface area contributed by atoms with Crippen LogP contribution in [0.5, 0.6) is 0 Å². The molecule has 5 aliphatic rings. The van der Waals surface area contributed by atoms with Crippen LogP contribution in [-0.2, 0) is 88.0 Å². The zero-order valence-corrected chi connectivity index (χ0v) is 54.6. The Balaban J connectivity index is 0.000000330. The largest absolute Gasteiger partial charge is 0.550 e. The smallest absolute Gasteiger partial charge is 0.430 e. The molecular weight excluding hydrogens is 1270 g/mol. The average Bonchev–Trinajstić information content (AvgIpc) is 1.61. The van der Waals surface area contributed by atoms with E-state index in [4.69, 9.17) is 68.3 Å². The van der Waals surface area contributed by atoms with Crippen LogP contribution in [0.2, 0.25) is 0 Å². The lowest BCUT2D eigenvalue weighted by Crippen LogP contribution is -3.09. The molecule has 0 bridgehead atoms. The van der Waals surface area contributed by atoms with E-state index in [0.717, 1.165) is 46.5 Å². The van der Waals surface area contributed by atoms with Crippen LogP contribution < -0.4 is 41.7 Å². The van der Waals surface area contributed by atoms with Crippen molar-refractivity contribution in [3.05, 3.63) is 120 Å². The number of aliphatic hydroxyl groups is 2. The Hall–Kier alpha value is -4.99. The van der Waals surface area contributed by atoms with Crippen LogP contribution in [0.3, 0.4) is 0 Å². The van der Waals surface area contributed by atoms with Gasteiger partial charge in [0.25, 0.3) is 0 Å². The number of aliphatic carboxylic acids is 2. The van der Waals surface area contributed by atoms with Gasteiger partial charge in [0.05, 0.1) is 50.0 Å². The normalized spacial score (nSPS) is 25.6. The van der Waals surface area contributed by atoms with Crippen molar-refractivity contribution in [2.75, 3.05) is 37.9 Å². The van der Waals surface area contributed by atoms with Crippen molar-refractivity contribution in [1.82, 2.24) is 10.2 Å². The number of carboxylic acid groups (broad SMARTS) is 2. The summed E-state index contributed by atoms with van der Waals surface area (Å²) >= 11 is 2.22. The van der Waals surface area contributed by atoms with Gasteiger partial charge in [0, 0.05) is 54.2 Å². The molecular formula is C57H81F3N6O20P2S2. The third-order valence-electron chi connectivity index (χ3n) is 12.8. The molecule has 90 heavy (non-hydrogen) atoms. The summed E-state index contributed by atoms with van der Waals surface area (Å²) in [6.07, 6.45) is -0.692. The minimum atomic E-state index is -5.19. The van der Waals surface area contributed by atoms with Crippen LogP contribution in [0.25, 0.3) is 0 Å². The highest BCUT2D eigenvalue weighted by atomic mass is 32.2. The fraction of sp³-hybridized carbons (Fsp3) is 0.544. The highest BCUT2D eigenvalue weighted by molar-refractivity contribution is 8.14. The van der Waals surface area contributed by atoms with E-state index in [2.05, 4.69) is 10.2 Å². The minimum absolute atomic E-state index is 0.0144. The third-order valence-corrected chi connectivity index (χ3v) is 18.5. The fourth-order valence-corrected chi connectivity index (χ4v) is 12.8. The summed E-state index contributed by atoms with van der Waals surface area (Å²) in [5.41, 5.74) is 12.5. The van der Waals surface area contributed by atoms with Gasteiger partial charge in [-0.05, 0) is 44.1 Å². The lowest BCUT2D eigenvalue weighted by atomic mass is 9.99. The summed E-state index contributed by atoms with van der Waals surface area (Å²) in [5, 5.41) is 44.6. The Kier molecular flexibility index (Phi) is 29.9. The summed E-state index contributed by atoms with van der Waals surface area (Å²) in [6, 6.07) is 18.7. The standard InChI is InChI=1S/C28H40N3O8PS.C25H36N3O8PS.C2HF3O2.C2H4O2/c1-27(2,3)26(33)41-15-14-35-40(34,30-16-19-10-7-6-8-11-19)36-18-21-22-23(39-28(4,5)38-22)25(37-21)31-13-9-12-20(17-31)24(29)32;1-25(2,3)24(32)38-13-12-34-37(33,27-14-17-8-5-4-6-9-17)35-16-19-20(29)21(30)23(36-19)28-11-7-10-18(15-28)22(26)31;3-2(4,5)1(6)7;1-2(3)4/h6-11,13,17,21-23,25H,12,14-16,18H2,1-5H3,(H2,29,32)(H,30,34);4-9,11,15,19-21,23,29-30H,10,12-14,16H2,1-3H3,(H2,26,31)(H,27,33);(H,6,7);1H3,(H,3,4). The highest BCUT2D eigenvalue weighted by Gasteiger charge is 2.59. The molecule has 5 heterocycles. The number of fused-ring (bicyclic) bond motifs is 1. The number of hydrogen-bond acceptors (Lipinski definition) is 22. The number of allylic oxidation sites excluding steroid dienone is 2. The number of nitrogens with two attached hydrogens (primary N) is 2. The number of quaternary nitrogens is 2. The van der Waals surface area contributed by atoms with Crippen molar-refractivity contribution in [2.24, 2.45) is 22.3 Å². The van der Waals surface area contributed by atoms with Gasteiger partial charge in [-0.25, -0.2) is 19.3 Å².